The maximum atomic E-state index is 12.1. The molecule has 0 aliphatic carbocycles. The summed E-state index contributed by atoms with van der Waals surface area (Å²) in [7, 11) is 1.67. The molecule has 0 aliphatic rings. The van der Waals surface area contributed by atoms with E-state index in [9.17, 15) is 9.59 Å². The molecule has 0 unspecified atom stereocenters. The molecule has 0 spiro atoms. The van der Waals surface area contributed by atoms with Gasteiger partial charge < -0.3 is 9.88 Å². The second-order valence-electron chi connectivity index (χ2n) is 5.83. The molecule has 0 atom stereocenters. The van der Waals surface area contributed by atoms with Crippen molar-refractivity contribution >= 4 is 5.91 Å². The van der Waals surface area contributed by atoms with E-state index in [1.165, 1.54) is 15.7 Å². The third-order valence-corrected chi connectivity index (χ3v) is 3.60. The van der Waals surface area contributed by atoms with E-state index in [1.54, 1.807) is 19.2 Å². The van der Waals surface area contributed by atoms with Crippen molar-refractivity contribution in [3.8, 4) is 0 Å². The summed E-state index contributed by atoms with van der Waals surface area (Å²) in [5.41, 5.74) is 3.30. The first-order valence-corrected chi connectivity index (χ1v) is 7.56. The first-order valence-electron chi connectivity index (χ1n) is 7.56. The van der Waals surface area contributed by atoms with Gasteiger partial charge in [-0.05, 0) is 52.7 Å². The Balaban J connectivity index is 2.58. The molecule has 0 saturated carbocycles. The van der Waals surface area contributed by atoms with Crippen LogP contribution >= 0.6 is 0 Å². The highest BCUT2D eigenvalue weighted by atomic mass is 16.2. The standard InChI is InChI=1S/C18H26N2O2/c1-13(2)7-6-8-14(3)11-12-19-17(21)16-10-9-15(4)20(5)18(16)22/h7,9-11H,6,8,12H2,1-5H3,(H,19,21)/b14-11+. The number of carbonyl (C=O) groups is 1. The smallest absolute Gasteiger partial charge is 0.263 e. The van der Waals surface area contributed by atoms with E-state index in [0.29, 0.717) is 6.54 Å². The Kier molecular flexibility index (Phi) is 6.83. The van der Waals surface area contributed by atoms with Crippen LogP contribution in [0.3, 0.4) is 0 Å². The Hall–Kier alpha value is -2.10. The number of nitrogens with one attached hydrogen (secondary N) is 1. The Bertz CT molecular complexity index is 648. The molecule has 0 radical (unpaired) electrons. The van der Waals surface area contributed by atoms with Gasteiger partial charge in [-0.15, -0.1) is 0 Å². The fourth-order valence-electron chi connectivity index (χ4n) is 2.00. The second kappa shape index (κ2) is 8.37. The molecule has 1 rings (SSSR count). The molecule has 1 heterocycles. The summed E-state index contributed by atoms with van der Waals surface area (Å²) >= 11 is 0. The summed E-state index contributed by atoms with van der Waals surface area (Å²) < 4.78 is 1.48. The molecule has 4 heteroatoms. The third kappa shape index (κ3) is 5.35. The molecular weight excluding hydrogens is 276 g/mol. The molecule has 1 aromatic rings. The number of rotatable bonds is 6. The van der Waals surface area contributed by atoms with Crippen molar-refractivity contribution in [3.05, 3.63) is 57.0 Å². The van der Waals surface area contributed by atoms with Gasteiger partial charge in [0.2, 0.25) is 0 Å². The van der Waals surface area contributed by atoms with Crippen molar-refractivity contribution in [2.45, 2.75) is 40.5 Å². The molecule has 4 nitrogen and oxygen atoms in total. The van der Waals surface area contributed by atoms with E-state index in [2.05, 4.69) is 32.2 Å². The maximum absolute atomic E-state index is 12.1. The van der Waals surface area contributed by atoms with Crippen molar-refractivity contribution in [2.75, 3.05) is 6.54 Å². The van der Waals surface area contributed by atoms with Crippen LogP contribution in [0.2, 0.25) is 0 Å². The minimum atomic E-state index is -0.325. The summed E-state index contributed by atoms with van der Waals surface area (Å²) in [6.07, 6.45) is 6.19. The molecular formula is C18H26N2O2. The Labute approximate surface area is 132 Å². The van der Waals surface area contributed by atoms with Crippen LogP contribution in [-0.4, -0.2) is 17.0 Å². The number of pyridine rings is 1. The molecule has 120 valence electrons. The number of aryl methyl sites for hydroxylation is 1. The van der Waals surface area contributed by atoms with Gasteiger partial charge in [-0.2, -0.15) is 0 Å². The van der Waals surface area contributed by atoms with Crippen molar-refractivity contribution in [1.82, 2.24) is 9.88 Å². The summed E-state index contributed by atoms with van der Waals surface area (Å²) in [5, 5.41) is 2.77. The molecule has 0 aliphatic heterocycles. The van der Waals surface area contributed by atoms with Gasteiger partial charge in [-0.1, -0.05) is 23.3 Å². The normalized spacial score (nSPS) is 11.2. The molecule has 22 heavy (non-hydrogen) atoms. The van der Waals surface area contributed by atoms with Crippen molar-refractivity contribution in [2.24, 2.45) is 7.05 Å². The fraction of sp³-hybridized carbons (Fsp3) is 0.444. The summed E-state index contributed by atoms with van der Waals surface area (Å²) in [4.78, 5) is 24.1. The minimum Gasteiger partial charge on any atom is -0.348 e. The van der Waals surface area contributed by atoms with E-state index < -0.39 is 0 Å². The average Bonchev–Trinajstić information content (AvgIpc) is 2.44. The largest absolute Gasteiger partial charge is 0.348 e. The second-order valence-corrected chi connectivity index (χ2v) is 5.83. The SMILES string of the molecule is CC(C)=CCC/C(C)=C/CNC(=O)c1ccc(C)n(C)c1=O. The van der Waals surface area contributed by atoms with Crippen molar-refractivity contribution < 1.29 is 4.79 Å². The lowest BCUT2D eigenvalue weighted by molar-refractivity contribution is 0.0956. The number of nitrogens with zero attached hydrogens (tertiary/aromatic N) is 1. The predicted octanol–water partition coefficient (Wildman–Crippen LogP) is 3.12. The highest BCUT2D eigenvalue weighted by Crippen LogP contribution is 2.06. The van der Waals surface area contributed by atoms with Crippen LogP contribution in [0.5, 0.6) is 0 Å². The highest BCUT2D eigenvalue weighted by Gasteiger charge is 2.11. The zero-order chi connectivity index (χ0) is 16.7. The fourth-order valence-corrected chi connectivity index (χ4v) is 2.00. The van der Waals surface area contributed by atoms with Crippen molar-refractivity contribution in [1.29, 1.82) is 0 Å². The number of carbonyl (C=O) groups excluding carboxylic acids is 1. The third-order valence-electron chi connectivity index (χ3n) is 3.60. The number of hydrogen-bond acceptors (Lipinski definition) is 2. The van der Waals surface area contributed by atoms with Gasteiger partial charge >= 0.3 is 0 Å². The Morgan fingerprint density at radius 1 is 1.23 bits per heavy atom. The molecule has 0 aromatic carbocycles. The predicted molar refractivity (Wildman–Crippen MR) is 91.2 cm³/mol. The summed E-state index contributed by atoms with van der Waals surface area (Å²) in [6, 6.07) is 3.36. The maximum Gasteiger partial charge on any atom is 0.263 e. The average molecular weight is 302 g/mol. The van der Waals surface area contributed by atoms with Crippen LogP contribution in [0, 0.1) is 6.92 Å². The van der Waals surface area contributed by atoms with Gasteiger partial charge in [-0.25, -0.2) is 0 Å². The van der Waals surface area contributed by atoms with Gasteiger partial charge in [0, 0.05) is 19.3 Å². The van der Waals surface area contributed by atoms with Crippen LogP contribution in [0.4, 0.5) is 0 Å². The zero-order valence-corrected chi connectivity index (χ0v) is 14.2. The molecule has 1 N–H and O–H groups in total. The monoisotopic (exact) mass is 302 g/mol. The van der Waals surface area contributed by atoms with Gasteiger partial charge in [0.15, 0.2) is 0 Å². The molecule has 0 fully saturated rings. The van der Waals surface area contributed by atoms with E-state index in [0.717, 1.165) is 18.5 Å². The van der Waals surface area contributed by atoms with Crippen LogP contribution < -0.4 is 10.9 Å². The van der Waals surface area contributed by atoms with Crippen molar-refractivity contribution in [3.63, 3.8) is 0 Å². The van der Waals surface area contributed by atoms with Gasteiger partial charge in [0.1, 0.15) is 5.56 Å². The van der Waals surface area contributed by atoms with Gasteiger partial charge in [0.25, 0.3) is 11.5 Å². The number of hydrogen-bond donors (Lipinski definition) is 1. The minimum absolute atomic E-state index is 0.184. The van der Waals surface area contributed by atoms with Crippen LogP contribution in [-0.2, 0) is 7.05 Å². The first kappa shape index (κ1) is 18.0. The molecule has 1 aromatic heterocycles. The van der Waals surface area contributed by atoms with Gasteiger partial charge in [0.05, 0.1) is 0 Å². The number of allylic oxidation sites excluding steroid dienone is 3. The van der Waals surface area contributed by atoms with Crippen LogP contribution in [0.25, 0.3) is 0 Å². The Morgan fingerprint density at radius 2 is 1.91 bits per heavy atom. The molecule has 1 amide bonds. The molecule has 0 bridgehead atoms. The lowest BCUT2D eigenvalue weighted by atomic mass is 10.1. The van der Waals surface area contributed by atoms with Crippen LogP contribution in [0.1, 0.15) is 49.7 Å². The van der Waals surface area contributed by atoms with E-state index in [1.807, 2.05) is 13.0 Å². The summed E-state index contributed by atoms with van der Waals surface area (Å²) in [5.74, 6) is -0.325. The molecule has 0 saturated heterocycles. The van der Waals surface area contributed by atoms with E-state index >= 15 is 0 Å². The van der Waals surface area contributed by atoms with Gasteiger partial charge in [-0.3, -0.25) is 9.59 Å². The van der Waals surface area contributed by atoms with Crippen LogP contribution in [0.15, 0.2) is 40.2 Å². The lowest BCUT2D eigenvalue weighted by Crippen LogP contribution is -2.32. The number of amides is 1. The first-order chi connectivity index (χ1) is 10.3. The zero-order valence-electron chi connectivity index (χ0n) is 14.2. The van der Waals surface area contributed by atoms with E-state index in [4.69, 9.17) is 0 Å². The van der Waals surface area contributed by atoms with E-state index in [-0.39, 0.29) is 17.0 Å². The Morgan fingerprint density at radius 3 is 2.55 bits per heavy atom. The summed E-state index contributed by atoms with van der Waals surface area (Å²) in [6.45, 7) is 8.50. The lowest BCUT2D eigenvalue weighted by Gasteiger charge is -2.07. The topological polar surface area (TPSA) is 51.1 Å². The highest BCUT2D eigenvalue weighted by molar-refractivity contribution is 5.93. The number of aromatic nitrogens is 1. The quantitative estimate of drug-likeness (QED) is 0.821.